The van der Waals surface area contributed by atoms with Crippen LogP contribution in [0.1, 0.15) is 6.42 Å². The van der Waals surface area contributed by atoms with Gasteiger partial charge in [-0.2, -0.15) is 0 Å². The van der Waals surface area contributed by atoms with Gasteiger partial charge in [0.1, 0.15) is 0 Å². The molecule has 10 heteroatoms. The number of sulfone groups is 1. The summed E-state index contributed by atoms with van der Waals surface area (Å²) in [4.78, 5) is 0.120. The molecular weight excluding hydrogens is 416 g/mol. The van der Waals surface area contributed by atoms with Crippen LogP contribution in [0.15, 0.2) is 32.5 Å². The Labute approximate surface area is 145 Å². The van der Waals surface area contributed by atoms with E-state index in [2.05, 4.69) is 26.0 Å². The van der Waals surface area contributed by atoms with Crippen LogP contribution in [0.4, 0.5) is 0 Å². The van der Waals surface area contributed by atoms with E-state index >= 15 is 0 Å². The predicted molar refractivity (Wildman–Crippen MR) is 90.7 cm³/mol. The first kappa shape index (κ1) is 19.9. The van der Waals surface area contributed by atoms with E-state index in [1.54, 1.807) is 0 Å². The van der Waals surface area contributed by atoms with Crippen LogP contribution in [-0.2, 0) is 19.9 Å². The van der Waals surface area contributed by atoms with Gasteiger partial charge in [0.05, 0.1) is 9.79 Å². The lowest BCUT2D eigenvalue weighted by molar-refractivity contribution is 0.538. The molecule has 1 heterocycles. The molecule has 22 heavy (non-hydrogen) atoms. The van der Waals surface area contributed by atoms with Crippen molar-refractivity contribution in [2.45, 2.75) is 16.2 Å². The molecule has 1 aliphatic rings. The van der Waals surface area contributed by atoms with Gasteiger partial charge in [0.25, 0.3) is 0 Å². The highest BCUT2D eigenvalue weighted by molar-refractivity contribution is 9.10. The van der Waals surface area contributed by atoms with Crippen molar-refractivity contribution < 1.29 is 16.8 Å². The minimum Gasteiger partial charge on any atom is -0.316 e. The van der Waals surface area contributed by atoms with Gasteiger partial charge in [0, 0.05) is 17.3 Å². The molecule has 0 amide bonds. The Morgan fingerprint density at radius 1 is 1.32 bits per heavy atom. The SMILES string of the molecule is CS(=O)(=O)c1ccc(S(=O)(=O)NCC2CCNC2)c(Br)c1.Cl. The zero-order valence-corrected chi connectivity index (χ0v) is 15.9. The van der Waals surface area contributed by atoms with Crippen molar-refractivity contribution in [3.05, 3.63) is 22.7 Å². The van der Waals surface area contributed by atoms with Crippen LogP contribution in [0, 0.1) is 5.92 Å². The molecule has 1 aromatic rings. The molecule has 0 spiro atoms. The van der Waals surface area contributed by atoms with E-state index in [1.165, 1.54) is 18.2 Å². The zero-order valence-electron chi connectivity index (χ0n) is 11.9. The van der Waals surface area contributed by atoms with Crippen molar-refractivity contribution in [2.24, 2.45) is 5.92 Å². The molecule has 6 nitrogen and oxygen atoms in total. The Morgan fingerprint density at radius 2 is 2.00 bits per heavy atom. The molecule has 0 aliphatic carbocycles. The summed E-state index contributed by atoms with van der Waals surface area (Å²) >= 11 is 3.13. The van der Waals surface area contributed by atoms with Gasteiger partial charge in [-0.3, -0.25) is 0 Å². The van der Waals surface area contributed by atoms with E-state index in [0.29, 0.717) is 6.54 Å². The Hall–Kier alpha value is -0.190. The fourth-order valence-electron chi connectivity index (χ4n) is 2.12. The van der Waals surface area contributed by atoms with Crippen LogP contribution < -0.4 is 10.0 Å². The number of nitrogens with one attached hydrogen (secondary N) is 2. The van der Waals surface area contributed by atoms with Gasteiger partial charge >= 0.3 is 0 Å². The number of hydrogen-bond donors (Lipinski definition) is 2. The van der Waals surface area contributed by atoms with E-state index in [-0.39, 0.29) is 32.6 Å². The van der Waals surface area contributed by atoms with Gasteiger partial charge in [0.2, 0.25) is 10.0 Å². The lowest BCUT2D eigenvalue weighted by atomic mass is 10.1. The second kappa shape index (κ2) is 7.59. The van der Waals surface area contributed by atoms with Crippen LogP contribution in [0.5, 0.6) is 0 Å². The van der Waals surface area contributed by atoms with Crippen molar-refractivity contribution in [3.8, 4) is 0 Å². The fourth-order valence-corrected chi connectivity index (χ4v) is 5.11. The molecule has 0 bridgehead atoms. The summed E-state index contributed by atoms with van der Waals surface area (Å²) in [5.41, 5.74) is 0. The largest absolute Gasteiger partial charge is 0.316 e. The van der Waals surface area contributed by atoms with E-state index in [4.69, 9.17) is 0 Å². The topological polar surface area (TPSA) is 92.3 Å². The third kappa shape index (κ3) is 4.90. The normalized spacial score (nSPS) is 18.9. The summed E-state index contributed by atoms with van der Waals surface area (Å²) in [5, 5.41) is 3.17. The van der Waals surface area contributed by atoms with Crippen LogP contribution in [0.2, 0.25) is 0 Å². The first-order valence-electron chi connectivity index (χ1n) is 6.40. The molecule has 1 aliphatic heterocycles. The summed E-state index contributed by atoms with van der Waals surface area (Å²) in [6.07, 6.45) is 2.02. The Balaban J connectivity index is 0.00000242. The third-order valence-corrected chi connectivity index (χ3v) is 6.86. The average molecular weight is 434 g/mol. The van der Waals surface area contributed by atoms with Crippen molar-refractivity contribution >= 4 is 48.2 Å². The molecule has 1 atom stereocenters. The minimum absolute atomic E-state index is 0. The van der Waals surface area contributed by atoms with Gasteiger partial charge in [0.15, 0.2) is 9.84 Å². The van der Waals surface area contributed by atoms with E-state index < -0.39 is 19.9 Å². The highest BCUT2D eigenvalue weighted by atomic mass is 79.9. The van der Waals surface area contributed by atoms with Gasteiger partial charge in [-0.15, -0.1) is 12.4 Å². The van der Waals surface area contributed by atoms with Crippen molar-refractivity contribution in [3.63, 3.8) is 0 Å². The number of rotatable bonds is 5. The second-order valence-electron chi connectivity index (χ2n) is 5.08. The van der Waals surface area contributed by atoms with Gasteiger partial charge in [-0.1, -0.05) is 0 Å². The molecule has 1 saturated heterocycles. The van der Waals surface area contributed by atoms with Crippen LogP contribution in [0.3, 0.4) is 0 Å². The maximum atomic E-state index is 12.3. The van der Waals surface area contributed by atoms with Crippen molar-refractivity contribution in [2.75, 3.05) is 25.9 Å². The lowest BCUT2D eigenvalue weighted by Crippen LogP contribution is -2.30. The number of hydrogen-bond acceptors (Lipinski definition) is 5. The van der Waals surface area contributed by atoms with Gasteiger partial charge < -0.3 is 5.32 Å². The first-order valence-corrected chi connectivity index (χ1v) is 10.6. The Bertz CT molecular complexity index is 731. The van der Waals surface area contributed by atoms with Gasteiger partial charge in [-0.05, 0) is 59.6 Å². The van der Waals surface area contributed by atoms with E-state index in [0.717, 1.165) is 25.8 Å². The number of sulfonamides is 1. The molecule has 0 aromatic heterocycles. The minimum atomic E-state index is -3.66. The average Bonchev–Trinajstić information content (AvgIpc) is 2.88. The maximum Gasteiger partial charge on any atom is 0.241 e. The summed E-state index contributed by atoms with van der Waals surface area (Å²) in [6, 6.07) is 3.91. The zero-order chi connectivity index (χ0) is 15.7. The predicted octanol–water partition coefficient (Wildman–Crippen LogP) is 1.16. The molecule has 0 radical (unpaired) electrons. The molecule has 2 rings (SSSR count). The number of benzene rings is 1. The van der Waals surface area contributed by atoms with Crippen molar-refractivity contribution in [1.29, 1.82) is 0 Å². The van der Waals surface area contributed by atoms with E-state index in [1.807, 2.05) is 0 Å². The van der Waals surface area contributed by atoms with Crippen LogP contribution >= 0.6 is 28.3 Å². The summed E-state index contributed by atoms with van der Waals surface area (Å²) in [6.45, 7) is 2.07. The highest BCUT2D eigenvalue weighted by Gasteiger charge is 2.22. The molecule has 1 unspecified atom stereocenters. The van der Waals surface area contributed by atoms with Crippen LogP contribution in [-0.4, -0.2) is 42.7 Å². The highest BCUT2D eigenvalue weighted by Crippen LogP contribution is 2.25. The molecule has 2 N–H and O–H groups in total. The maximum absolute atomic E-state index is 12.3. The summed E-state index contributed by atoms with van der Waals surface area (Å²) in [5.74, 6) is 0.286. The molecule has 0 saturated carbocycles. The number of halogens is 2. The standard InChI is InChI=1S/C12H17BrN2O4S2.ClH/c1-20(16,17)10-2-3-12(11(13)6-10)21(18,19)15-8-9-4-5-14-7-9;/h2-3,6,9,14-15H,4-5,7-8H2,1H3;1H. The third-order valence-electron chi connectivity index (χ3n) is 3.35. The quantitative estimate of drug-likeness (QED) is 0.727. The van der Waals surface area contributed by atoms with Crippen molar-refractivity contribution in [1.82, 2.24) is 10.0 Å². The smallest absolute Gasteiger partial charge is 0.241 e. The second-order valence-corrected chi connectivity index (χ2v) is 9.68. The fraction of sp³-hybridized carbons (Fsp3) is 0.500. The first-order chi connectivity index (χ1) is 9.70. The van der Waals surface area contributed by atoms with Gasteiger partial charge in [-0.25, -0.2) is 21.6 Å². The monoisotopic (exact) mass is 432 g/mol. The lowest BCUT2D eigenvalue weighted by Gasteiger charge is -2.12. The molecule has 126 valence electrons. The molecule has 1 aromatic carbocycles. The van der Waals surface area contributed by atoms with E-state index in [9.17, 15) is 16.8 Å². The Kier molecular flexibility index (Phi) is 6.85. The van der Waals surface area contributed by atoms with Crippen LogP contribution in [0.25, 0.3) is 0 Å². The molecular formula is C12H18BrClN2O4S2. The summed E-state index contributed by atoms with van der Waals surface area (Å²) in [7, 11) is -7.03. The molecule has 1 fully saturated rings. The Morgan fingerprint density at radius 3 is 2.50 bits per heavy atom. The summed E-state index contributed by atoms with van der Waals surface area (Å²) < 4.78 is 50.2.